The van der Waals surface area contributed by atoms with Gasteiger partial charge in [0.05, 0.1) is 5.69 Å². The van der Waals surface area contributed by atoms with Crippen molar-refractivity contribution in [1.29, 1.82) is 0 Å². The zero-order chi connectivity index (χ0) is 12.1. The highest BCUT2D eigenvalue weighted by molar-refractivity contribution is 7.07. The Labute approximate surface area is 107 Å². The summed E-state index contributed by atoms with van der Waals surface area (Å²) in [6, 6.07) is 2.19. The van der Waals surface area contributed by atoms with E-state index in [0.717, 1.165) is 37.6 Å². The number of hydrogen-bond donors (Lipinski definition) is 1. The lowest BCUT2D eigenvalue weighted by atomic mass is 10.2. The molecule has 4 heteroatoms. The zero-order valence-electron chi connectivity index (χ0n) is 10.4. The van der Waals surface area contributed by atoms with E-state index in [2.05, 4.69) is 44.8 Å². The number of nitrogens with one attached hydrogen (secondary N) is 1. The molecule has 0 saturated heterocycles. The molecule has 3 nitrogen and oxygen atoms in total. The summed E-state index contributed by atoms with van der Waals surface area (Å²) in [4.78, 5) is 4.50. The van der Waals surface area contributed by atoms with E-state index in [-0.39, 0.29) is 0 Å². The van der Waals surface area contributed by atoms with E-state index in [4.69, 9.17) is 0 Å². The molecule has 0 bridgehead atoms. The second kappa shape index (κ2) is 5.87. The van der Waals surface area contributed by atoms with E-state index in [1.165, 1.54) is 5.56 Å². The minimum Gasteiger partial charge on any atom is -0.356 e. The van der Waals surface area contributed by atoms with Crippen LogP contribution in [0.1, 0.15) is 24.6 Å². The van der Waals surface area contributed by atoms with Crippen LogP contribution in [0.4, 0.5) is 5.95 Å². The van der Waals surface area contributed by atoms with E-state index >= 15 is 0 Å². The molecule has 17 heavy (non-hydrogen) atoms. The van der Waals surface area contributed by atoms with Crippen LogP contribution in [0, 0.1) is 6.92 Å². The molecule has 0 aliphatic heterocycles. The standard InChI is InChI=1S/C13H19N3S/c1-3-6-14-13-15-11(2)9-16(13)7-4-12-5-8-17-10-12/h5,8-10H,3-4,6-7H2,1-2H3,(H,14,15). The van der Waals surface area contributed by atoms with Crippen LogP contribution < -0.4 is 5.32 Å². The van der Waals surface area contributed by atoms with Crippen molar-refractivity contribution in [1.82, 2.24) is 9.55 Å². The highest BCUT2D eigenvalue weighted by Gasteiger charge is 2.04. The van der Waals surface area contributed by atoms with Crippen molar-refractivity contribution >= 4 is 17.3 Å². The predicted molar refractivity (Wildman–Crippen MR) is 73.8 cm³/mol. The Morgan fingerprint density at radius 2 is 2.35 bits per heavy atom. The summed E-state index contributed by atoms with van der Waals surface area (Å²) >= 11 is 1.76. The Morgan fingerprint density at radius 1 is 1.47 bits per heavy atom. The van der Waals surface area contributed by atoms with Gasteiger partial charge in [0, 0.05) is 19.3 Å². The number of hydrogen-bond acceptors (Lipinski definition) is 3. The molecule has 0 saturated carbocycles. The van der Waals surface area contributed by atoms with Gasteiger partial charge in [-0.25, -0.2) is 4.98 Å². The van der Waals surface area contributed by atoms with Crippen LogP contribution in [0.2, 0.25) is 0 Å². The maximum atomic E-state index is 4.50. The summed E-state index contributed by atoms with van der Waals surface area (Å²) < 4.78 is 2.21. The van der Waals surface area contributed by atoms with Gasteiger partial charge < -0.3 is 9.88 Å². The van der Waals surface area contributed by atoms with Gasteiger partial charge in [-0.1, -0.05) is 6.92 Å². The van der Waals surface area contributed by atoms with Crippen LogP contribution in [0.3, 0.4) is 0 Å². The van der Waals surface area contributed by atoms with Crippen LogP contribution in [-0.4, -0.2) is 16.1 Å². The Bertz CT molecular complexity index is 445. The summed E-state index contributed by atoms with van der Waals surface area (Å²) in [6.07, 6.45) is 4.31. The van der Waals surface area contributed by atoms with Gasteiger partial charge in [0.1, 0.15) is 0 Å². The van der Waals surface area contributed by atoms with Crippen LogP contribution in [-0.2, 0) is 13.0 Å². The Hall–Kier alpha value is -1.29. The fourth-order valence-corrected chi connectivity index (χ4v) is 2.48. The summed E-state index contributed by atoms with van der Waals surface area (Å²) in [5, 5.41) is 7.71. The fraction of sp³-hybridized carbons (Fsp3) is 0.462. The molecule has 2 rings (SSSR count). The second-order valence-corrected chi connectivity index (χ2v) is 4.99. The first-order valence-corrected chi connectivity index (χ1v) is 7.02. The minimum absolute atomic E-state index is 0.981. The molecule has 0 amide bonds. The molecule has 2 heterocycles. The maximum Gasteiger partial charge on any atom is 0.203 e. The maximum absolute atomic E-state index is 4.50. The van der Waals surface area contributed by atoms with E-state index < -0.39 is 0 Å². The first-order chi connectivity index (χ1) is 8.29. The molecule has 2 aromatic rings. The van der Waals surface area contributed by atoms with Crippen LogP contribution in [0.15, 0.2) is 23.0 Å². The van der Waals surface area contributed by atoms with Gasteiger partial charge in [-0.3, -0.25) is 0 Å². The quantitative estimate of drug-likeness (QED) is 0.851. The van der Waals surface area contributed by atoms with Crippen molar-refractivity contribution in [2.75, 3.05) is 11.9 Å². The molecule has 0 fully saturated rings. The molecule has 0 aromatic carbocycles. The molecule has 1 N–H and O–H groups in total. The molecular formula is C13H19N3S. The number of nitrogens with zero attached hydrogens (tertiary/aromatic N) is 2. The largest absolute Gasteiger partial charge is 0.356 e. The minimum atomic E-state index is 0.981. The SMILES string of the molecule is CCCNc1nc(C)cn1CCc1ccsc1. The van der Waals surface area contributed by atoms with Crippen molar-refractivity contribution in [2.45, 2.75) is 33.2 Å². The highest BCUT2D eigenvalue weighted by atomic mass is 32.1. The first-order valence-electron chi connectivity index (χ1n) is 6.08. The zero-order valence-corrected chi connectivity index (χ0v) is 11.3. The number of aryl methyl sites for hydroxylation is 3. The van der Waals surface area contributed by atoms with E-state index in [0.29, 0.717) is 0 Å². The van der Waals surface area contributed by atoms with Gasteiger partial charge in [-0.2, -0.15) is 11.3 Å². The second-order valence-electron chi connectivity index (χ2n) is 4.21. The van der Waals surface area contributed by atoms with Gasteiger partial charge in [0.15, 0.2) is 0 Å². The fourth-order valence-electron chi connectivity index (χ4n) is 1.78. The third kappa shape index (κ3) is 3.33. The van der Waals surface area contributed by atoms with Gasteiger partial charge in [-0.05, 0) is 42.2 Å². The molecule has 0 radical (unpaired) electrons. The number of thiophene rings is 1. The highest BCUT2D eigenvalue weighted by Crippen LogP contribution is 2.12. The van der Waals surface area contributed by atoms with Crippen LogP contribution in [0.5, 0.6) is 0 Å². The monoisotopic (exact) mass is 249 g/mol. The van der Waals surface area contributed by atoms with E-state index in [9.17, 15) is 0 Å². The lowest BCUT2D eigenvalue weighted by Crippen LogP contribution is -2.09. The smallest absolute Gasteiger partial charge is 0.203 e. The lowest BCUT2D eigenvalue weighted by molar-refractivity contribution is 0.699. The van der Waals surface area contributed by atoms with E-state index in [1.807, 2.05) is 6.92 Å². The van der Waals surface area contributed by atoms with Crippen LogP contribution in [0.25, 0.3) is 0 Å². The molecule has 0 spiro atoms. The Balaban J connectivity index is 1.99. The van der Waals surface area contributed by atoms with Gasteiger partial charge >= 0.3 is 0 Å². The van der Waals surface area contributed by atoms with Gasteiger partial charge in [-0.15, -0.1) is 0 Å². The van der Waals surface area contributed by atoms with Crippen molar-refractivity contribution in [3.8, 4) is 0 Å². The normalized spacial score (nSPS) is 10.7. The Kier molecular flexibility index (Phi) is 4.20. The summed E-state index contributed by atoms with van der Waals surface area (Å²) in [7, 11) is 0. The molecule has 0 aliphatic carbocycles. The summed E-state index contributed by atoms with van der Waals surface area (Å²) in [6.45, 7) is 6.18. The van der Waals surface area contributed by atoms with Crippen LogP contribution >= 0.6 is 11.3 Å². The van der Waals surface area contributed by atoms with Gasteiger partial charge in [0.25, 0.3) is 0 Å². The molecule has 0 atom stereocenters. The van der Waals surface area contributed by atoms with Crippen molar-refractivity contribution in [3.63, 3.8) is 0 Å². The van der Waals surface area contributed by atoms with Crippen molar-refractivity contribution < 1.29 is 0 Å². The third-order valence-electron chi connectivity index (χ3n) is 2.65. The average molecular weight is 249 g/mol. The number of anilines is 1. The lowest BCUT2D eigenvalue weighted by Gasteiger charge is -2.08. The summed E-state index contributed by atoms with van der Waals surface area (Å²) in [5.41, 5.74) is 2.48. The van der Waals surface area contributed by atoms with Crippen molar-refractivity contribution in [2.24, 2.45) is 0 Å². The summed E-state index contributed by atoms with van der Waals surface area (Å²) in [5.74, 6) is 1.000. The molecular weight excluding hydrogens is 230 g/mol. The number of rotatable bonds is 6. The first kappa shape index (κ1) is 12.2. The Morgan fingerprint density at radius 3 is 3.06 bits per heavy atom. The topological polar surface area (TPSA) is 29.9 Å². The third-order valence-corrected chi connectivity index (χ3v) is 3.38. The molecule has 2 aromatic heterocycles. The predicted octanol–water partition coefficient (Wildman–Crippen LogP) is 3.32. The van der Waals surface area contributed by atoms with E-state index in [1.54, 1.807) is 11.3 Å². The number of aromatic nitrogens is 2. The molecule has 0 unspecified atom stereocenters. The molecule has 0 aliphatic rings. The van der Waals surface area contributed by atoms with Gasteiger partial charge in [0.2, 0.25) is 5.95 Å². The van der Waals surface area contributed by atoms with Crippen molar-refractivity contribution in [3.05, 3.63) is 34.3 Å². The average Bonchev–Trinajstić information content (AvgIpc) is 2.93. The number of imidazole rings is 1. The molecule has 92 valence electrons.